The second-order valence-corrected chi connectivity index (χ2v) is 8.17. The molecule has 154 valence electrons. The average Bonchev–Trinajstić information content (AvgIpc) is 3.19. The number of aromatic nitrogens is 1. The van der Waals surface area contributed by atoms with Gasteiger partial charge in [0.25, 0.3) is 0 Å². The molecule has 2 N–H and O–H groups in total. The van der Waals surface area contributed by atoms with Gasteiger partial charge in [-0.1, -0.05) is 30.3 Å². The molecule has 2 heterocycles. The summed E-state index contributed by atoms with van der Waals surface area (Å²) in [5.74, 6) is 0.811. The van der Waals surface area contributed by atoms with Gasteiger partial charge in [0.05, 0.1) is 13.0 Å². The normalized spacial score (nSPS) is 20.5. The van der Waals surface area contributed by atoms with Crippen LogP contribution in [0.4, 0.5) is 0 Å². The molecule has 5 nitrogen and oxygen atoms in total. The molecule has 30 heavy (non-hydrogen) atoms. The van der Waals surface area contributed by atoms with E-state index in [1.54, 1.807) is 7.11 Å². The molecule has 1 aromatic heterocycles. The summed E-state index contributed by atoms with van der Waals surface area (Å²) in [4.78, 5) is 18.7. The zero-order chi connectivity index (χ0) is 20.7. The molecule has 0 bridgehead atoms. The second-order valence-electron chi connectivity index (χ2n) is 8.17. The Morgan fingerprint density at radius 2 is 2.13 bits per heavy atom. The molecule has 1 aliphatic carbocycles. The Bertz CT molecular complexity index is 1130. The molecule has 0 fully saturated rings. The fraction of sp³-hybridized carbons (Fsp3) is 0.320. The Balaban J connectivity index is 1.56. The monoisotopic (exact) mass is 401 g/mol. The lowest BCUT2D eigenvalue weighted by Crippen LogP contribution is -2.48. The van der Waals surface area contributed by atoms with Gasteiger partial charge in [-0.2, -0.15) is 0 Å². The first-order valence-electron chi connectivity index (χ1n) is 10.6. The Labute approximate surface area is 176 Å². The van der Waals surface area contributed by atoms with Crippen molar-refractivity contribution in [1.29, 1.82) is 0 Å². The number of methoxy groups -OCH3 is 1. The SMILES string of the molecule is CCNC(=O)[C@@H]1C=C2c3cccc4[nH]cc(c34)C[C@H]2N(Cc2cccc(OC)c2)C1. The minimum Gasteiger partial charge on any atom is -0.497 e. The highest BCUT2D eigenvalue weighted by Gasteiger charge is 2.37. The molecule has 5 heteroatoms. The number of carbonyl (C=O) groups excluding carboxylic acids is 1. The maximum absolute atomic E-state index is 12.8. The molecule has 0 spiro atoms. The van der Waals surface area contributed by atoms with Gasteiger partial charge in [-0.15, -0.1) is 0 Å². The molecule has 2 aromatic carbocycles. The third-order valence-electron chi connectivity index (χ3n) is 6.33. The minimum absolute atomic E-state index is 0.103. The van der Waals surface area contributed by atoms with Crippen molar-refractivity contribution in [3.05, 3.63) is 71.4 Å². The van der Waals surface area contributed by atoms with Crippen molar-refractivity contribution >= 4 is 22.4 Å². The van der Waals surface area contributed by atoms with E-state index in [9.17, 15) is 4.79 Å². The van der Waals surface area contributed by atoms with Crippen molar-refractivity contribution < 1.29 is 9.53 Å². The molecule has 1 aliphatic heterocycles. The van der Waals surface area contributed by atoms with Gasteiger partial charge < -0.3 is 15.0 Å². The fourth-order valence-corrected chi connectivity index (χ4v) is 4.97. The highest BCUT2D eigenvalue weighted by atomic mass is 16.5. The van der Waals surface area contributed by atoms with Gasteiger partial charge in [-0.25, -0.2) is 0 Å². The molecular weight excluding hydrogens is 374 g/mol. The summed E-state index contributed by atoms with van der Waals surface area (Å²) in [6.45, 7) is 4.12. The summed E-state index contributed by atoms with van der Waals surface area (Å²) in [5, 5.41) is 4.32. The average molecular weight is 402 g/mol. The van der Waals surface area contributed by atoms with E-state index in [0.717, 1.165) is 18.7 Å². The Hall–Kier alpha value is -3.05. The number of aromatic amines is 1. The van der Waals surface area contributed by atoms with Crippen LogP contribution in [0.3, 0.4) is 0 Å². The summed E-state index contributed by atoms with van der Waals surface area (Å²) in [6.07, 6.45) is 5.31. The van der Waals surface area contributed by atoms with Crippen LogP contribution in [0.5, 0.6) is 5.75 Å². The summed E-state index contributed by atoms with van der Waals surface area (Å²) in [7, 11) is 1.70. The highest BCUT2D eigenvalue weighted by Crippen LogP contribution is 2.41. The van der Waals surface area contributed by atoms with Crippen LogP contribution in [-0.2, 0) is 17.8 Å². The second kappa shape index (κ2) is 7.65. The smallest absolute Gasteiger partial charge is 0.228 e. The van der Waals surface area contributed by atoms with E-state index in [4.69, 9.17) is 4.74 Å². The van der Waals surface area contributed by atoms with E-state index in [1.165, 1.54) is 33.2 Å². The van der Waals surface area contributed by atoms with Gasteiger partial charge in [0.2, 0.25) is 5.91 Å². The van der Waals surface area contributed by atoms with Crippen molar-refractivity contribution in [3.8, 4) is 5.75 Å². The maximum atomic E-state index is 12.8. The molecule has 5 rings (SSSR count). The van der Waals surface area contributed by atoms with Gasteiger partial charge in [0.1, 0.15) is 5.75 Å². The van der Waals surface area contributed by atoms with E-state index in [0.29, 0.717) is 13.1 Å². The van der Waals surface area contributed by atoms with Crippen LogP contribution in [0.15, 0.2) is 54.7 Å². The molecule has 0 radical (unpaired) electrons. The number of benzene rings is 2. The molecule has 0 saturated heterocycles. The molecule has 0 saturated carbocycles. The van der Waals surface area contributed by atoms with E-state index < -0.39 is 0 Å². The molecule has 3 aromatic rings. The van der Waals surface area contributed by atoms with Crippen molar-refractivity contribution in [2.24, 2.45) is 5.92 Å². The molecule has 2 aliphatic rings. The Morgan fingerprint density at radius 3 is 2.97 bits per heavy atom. The van der Waals surface area contributed by atoms with Gasteiger partial charge in [-0.05, 0) is 53.8 Å². The standard InChI is InChI=1S/C25H27N3O2/c1-3-26-25(29)18-11-21-20-8-5-9-22-24(20)17(13-27-22)12-23(21)28(15-18)14-16-6-4-7-19(10-16)30-2/h4-11,13,18,23,27H,3,12,14-15H2,1-2H3,(H,26,29)/t18-,23-/m1/s1. The number of rotatable bonds is 5. The van der Waals surface area contributed by atoms with Crippen molar-refractivity contribution in [3.63, 3.8) is 0 Å². The van der Waals surface area contributed by atoms with Crippen molar-refractivity contribution in [2.75, 3.05) is 20.2 Å². The predicted octanol–water partition coefficient (Wildman–Crippen LogP) is 3.75. The quantitative estimate of drug-likeness (QED) is 0.685. The van der Waals surface area contributed by atoms with Gasteiger partial charge in [-0.3, -0.25) is 9.69 Å². The van der Waals surface area contributed by atoms with Crippen LogP contribution in [0.25, 0.3) is 16.5 Å². The van der Waals surface area contributed by atoms with E-state index in [1.807, 2.05) is 19.1 Å². The van der Waals surface area contributed by atoms with E-state index in [2.05, 4.69) is 57.8 Å². The number of nitrogens with one attached hydrogen (secondary N) is 2. The number of hydrogen-bond acceptors (Lipinski definition) is 3. The van der Waals surface area contributed by atoms with Crippen LogP contribution < -0.4 is 10.1 Å². The molecular formula is C25H27N3O2. The minimum atomic E-state index is -0.155. The summed E-state index contributed by atoms with van der Waals surface area (Å²) >= 11 is 0. The van der Waals surface area contributed by atoms with Gasteiger partial charge in [0.15, 0.2) is 0 Å². The Morgan fingerprint density at radius 1 is 1.27 bits per heavy atom. The largest absolute Gasteiger partial charge is 0.497 e. The van der Waals surface area contributed by atoms with Crippen LogP contribution in [0.1, 0.15) is 23.6 Å². The third kappa shape index (κ3) is 3.19. The number of carbonyl (C=O) groups is 1. The van der Waals surface area contributed by atoms with Crippen LogP contribution >= 0.6 is 0 Å². The first-order chi connectivity index (χ1) is 14.7. The molecule has 1 amide bonds. The number of hydrogen-bond donors (Lipinski definition) is 2. The first-order valence-corrected chi connectivity index (χ1v) is 10.6. The zero-order valence-corrected chi connectivity index (χ0v) is 17.4. The highest BCUT2D eigenvalue weighted by molar-refractivity contribution is 5.99. The molecule has 2 atom stereocenters. The summed E-state index contributed by atoms with van der Waals surface area (Å²) in [5.41, 5.74) is 6.25. The van der Waals surface area contributed by atoms with Crippen molar-refractivity contribution in [1.82, 2.24) is 15.2 Å². The van der Waals surface area contributed by atoms with Gasteiger partial charge in [0, 0.05) is 42.8 Å². The zero-order valence-electron chi connectivity index (χ0n) is 17.4. The van der Waals surface area contributed by atoms with E-state index in [-0.39, 0.29) is 17.9 Å². The number of ether oxygens (including phenoxy) is 1. The predicted molar refractivity (Wildman–Crippen MR) is 119 cm³/mol. The Kier molecular flexibility index (Phi) is 4.83. The number of nitrogens with zero attached hydrogens (tertiary/aromatic N) is 1. The number of amides is 1. The maximum Gasteiger partial charge on any atom is 0.228 e. The number of fused-ring (bicyclic) bond motifs is 2. The van der Waals surface area contributed by atoms with Gasteiger partial charge >= 0.3 is 0 Å². The third-order valence-corrected chi connectivity index (χ3v) is 6.33. The lowest BCUT2D eigenvalue weighted by Gasteiger charge is -2.41. The summed E-state index contributed by atoms with van der Waals surface area (Å²) in [6, 6.07) is 14.9. The lowest BCUT2D eigenvalue weighted by atomic mass is 9.79. The van der Waals surface area contributed by atoms with Crippen LogP contribution in [0.2, 0.25) is 0 Å². The van der Waals surface area contributed by atoms with E-state index >= 15 is 0 Å². The molecule has 0 unspecified atom stereocenters. The van der Waals surface area contributed by atoms with Crippen molar-refractivity contribution in [2.45, 2.75) is 25.9 Å². The lowest BCUT2D eigenvalue weighted by molar-refractivity contribution is -0.124. The van der Waals surface area contributed by atoms with Crippen LogP contribution in [0, 0.1) is 5.92 Å². The first kappa shape index (κ1) is 18.9. The van der Waals surface area contributed by atoms with Crippen LogP contribution in [-0.4, -0.2) is 42.0 Å². The topological polar surface area (TPSA) is 57.4 Å². The number of H-pyrrole nitrogens is 1. The fourth-order valence-electron chi connectivity index (χ4n) is 4.97. The summed E-state index contributed by atoms with van der Waals surface area (Å²) < 4.78 is 5.42.